The van der Waals surface area contributed by atoms with E-state index in [-0.39, 0.29) is 12.1 Å². The summed E-state index contributed by atoms with van der Waals surface area (Å²) in [6.07, 6.45) is 7.11. The van der Waals surface area contributed by atoms with Crippen LogP contribution in [-0.4, -0.2) is 9.55 Å². The van der Waals surface area contributed by atoms with E-state index in [9.17, 15) is 0 Å². The van der Waals surface area contributed by atoms with Gasteiger partial charge in [0.25, 0.3) is 0 Å². The van der Waals surface area contributed by atoms with Gasteiger partial charge in [-0.1, -0.05) is 15.9 Å². The Kier molecular flexibility index (Phi) is 2.86. The molecule has 1 aromatic heterocycles. The fraction of sp³-hybridized carbons (Fsp3) is 0.400. The Hall–Kier alpha value is -1.33. The SMILES string of the molecule is N[C@H]1CC(c2cncn2C2CC2)Oc2ccc(Br)cc21. The molecule has 0 spiro atoms. The summed E-state index contributed by atoms with van der Waals surface area (Å²) in [6, 6.07) is 6.64. The van der Waals surface area contributed by atoms with Crippen LogP contribution < -0.4 is 10.5 Å². The van der Waals surface area contributed by atoms with Gasteiger partial charge in [-0.05, 0) is 31.0 Å². The van der Waals surface area contributed by atoms with Crippen LogP contribution in [0.15, 0.2) is 35.2 Å². The van der Waals surface area contributed by atoms with Gasteiger partial charge < -0.3 is 15.0 Å². The van der Waals surface area contributed by atoms with Crippen molar-refractivity contribution in [1.82, 2.24) is 9.55 Å². The van der Waals surface area contributed by atoms with Crippen LogP contribution >= 0.6 is 15.9 Å². The first-order valence-corrected chi connectivity index (χ1v) is 7.75. The van der Waals surface area contributed by atoms with Crippen molar-refractivity contribution < 1.29 is 4.74 Å². The van der Waals surface area contributed by atoms with Gasteiger partial charge in [0.15, 0.2) is 0 Å². The number of hydrogen-bond donors (Lipinski definition) is 1. The molecule has 1 aliphatic carbocycles. The van der Waals surface area contributed by atoms with Crippen LogP contribution in [0.4, 0.5) is 0 Å². The van der Waals surface area contributed by atoms with Gasteiger partial charge in [0.2, 0.25) is 0 Å². The number of hydrogen-bond acceptors (Lipinski definition) is 3. The van der Waals surface area contributed by atoms with Crippen molar-refractivity contribution in [1.29, 1.82) is 0 Å². The zero-order chi connectivity index (χ0) is 13.7. The Balaban J connectivity index is 1.68. The third kappa shape index (κ3) is 2.05. The third-order valence-corrected chi connectivity index (χ3v) is 4.57. The molecule has 104 valence electrons. The summed E-state index contributed by atoms with van der Waals surface area (Å²) in [5.74, 6) is 0.889. The van der Waals surface area contributed by atoms with Gasteiger partial charge in [0.1, 0.15) is 11.9 Å². The smallest absolute Gasteiger partial charge is 0.142 e. The topological polar surface area (TPSA) is 53.1 Å². The second-order valence-electron chi connectivity index (χ2n) is 5.59. The maximum atomic E-state index is 6.32. The molecule has 2 heterocycles. The Morgan fingerprint density at radius 3 is 3.00 bits per heavy atom. The van der Waals surface area contributed by atoms with Crippen molar-refractivity contribution in [3.05, 3.63) is 46.5 Å². The quantitative estimate of drug-likeness (QED) is 0.914. The lowest BCUT2D eigenvalue weighted by molar-refractivity contribution is 0.153. The van der Waals surface area contributed by atoms with Crippen molar-refractivity contribution in [2.45, 2.75) is 37.5 Å². The van der Waals surface area contributed by atoms with Crippen LogP contribution in [0.3, 0.4) is 0 Å². The molecular weight excluding hydrogens is 318 g/mol. The first-order valence-electron chi connectivity index (χ1n) is 6.96. The molecule has 1 aliphatic heterocycles. The fourth-order valence-electron chi connectivity index (χ4n) is 2.88. The highest BCUT2D eigenvalue weighted by Gasteiger charge is 2.33. The summed E-state index contributed by atoms with van der Waals surface area (Å²) in [5, 5.41) is 0. The molecule has 2 atom stereocenters. The number of nitrogens with two attached hydrogens (primary N) is 1. The van der Waals surface area contributed by atoms with E-state index in [4.69, 9.17) is 10.5 Å². The third-order valence-electron chi connectivity index (χ3n) is 4.07. The highest BCUT2D eigenvalue weighted by Crippen LogP contribution is 2.43. The van der Waals surface area contributed by atoms with E-state index >= 15 is 0 Å². The second-order valence-corrected chi connectivity index (χ2v) is 6.50. The molecular formula is C15H16BrN3O. The monoisotopic (exact) mass is 333 g/mol. The first kappa shape index (κ1) is 12.4. The van der Waals surface area contributed by atoms with Gasteiger partial charge in [-0.2, -0.15) is 0 Å². The highest BCUT2D eigenvalue weighted by atomic mass is 79.9. The average Bonchev–Trinajstić information content (AvgIpc) is 3.17. The van der Waals surface area contributed by atoms with Crippen LogP contribution in [0.1, 0.15) is 48.7 Å². The summed E-state index contributed by atoms with van der Waals surface area (Å²) in [5.41, 5.74) is 8.55. The van der Waals surface area contributed by atoms with Crippen LogP contribution in [0, 0.1) is 0 Å². The van der Waals surface area contributed by atoms with Crippen LogP contribution in [0.2, 0.25) is 0 Å². The molecule has 1 saturated carbocycles. The summed E-state index contributed by atoms with van der Waals surface area (Å²) < 4.78 is 9.45. The average molecular weight is 334 g/mol. The van der Waals surface area contributed by atoms with Gasteiger partial charge in [0.05, 0.1) is 18.2 Å². The highest BCUT2D eigenvalue weighted by molar-refractivity contribution is 9.10. The number of benzene rings is 1. The summed E-state index contributed by atoms with van der Waals surface area (Å²) in [6.45, 7) is 0. The molecule has 0 saturated heterocycles. The lowest BCUT2D eigenvalue weighted by Crippen LogP contribution is -2.25. The molecule has 5 heteroatoms. The van der Waals surface area contributed by atoms with Gasteiger partial charge in [0, 0.05) is 28.5 Å². The minimum atomic E-state index is 0.00164. The summed E-state index contributed by atoms with van der Waals surface area (Å²) in [4.78, 5) is 4.29. The van der Waals surface area contributed by atoms with E-state index in [1.165, 1.54) is 12.8 Å². The molecule has 2 aliphatic rings. The van der Waals surface area contributed by atoms with Gasteiger partial charge >= 0.3 is 0 Å². The predicted octanol–water partition coefficient (Wildman–Crippen LogP) is 3.50. The van der Waals surface area contributed by atoms with Crippen molar-refractivity contribution in [2.24, 2.45) is 5.73 Å². The van der Waals surface area contributed by atoms with E-state index in [0.29, 0.717) is 6.04 Å². The van der Waals surface area contributed by atoms with E-state index in [0.717, 1.165) is 27.9 Å². The van der Waals surface area contributed by atoms with Crippen molar-refractivity contribution in [3.8, 4) is 5.75 Å². The number of nitrogens with zero attached hydrogens (tertiary/aromatic N) is 2. The molecule has 2 N–H and O–H groups in total. The molecule has 0 amide bonds. The molecule has 0 bridgehead atoms. The Morgan fingerprint density at radius 1 is 1.35 bits per heavy atom. The minimum absolute atomic E-state index is 0.00164. The molecule has 0 radical (unpaired) electrons. The second kappa shape index (κ2) is 4.60. The zero-order valence-corrected chi connectivity index (χ0v) is 12.6. The largest absolute Gasteiger partial charge is 0.484 e. The van der Waals surface area contributed by atoms with Crippen LogP contribution in [-0.2, 0) is 0 Å². The maximum Gasteiger partial charge on any atom is 0.142 e. The van der Waals surface area contributed by atoms with E-state index < -0.39 is 0 Å². The Bertz CT molecular complexity index is 650. The maximum absolute atomic E-state index is 6.32. The van der Waals surface area contributed by atoms with Crippen molar-refractivity contribution >= 4 is 15.9 Å². The predicted molar refractivity (Wildman–Crippen MR) is 79.6 cm³/mol. The van der Waals surface area contributed by atoms with Crippen molar-refractivity contribution in [2.75, 3.05) is 0 Å². The molecule has 1 fully saturated rings. The van der Waals surface area contributed by atoms with E-state index in [2.05, 4.69) is 31.5 Å². The standard InChI is InChI=1S/C15H16BrN3O/c16-9-1-4-14-11(5-9)12(17)6-15(20-14)13-7-18-8-19(13)10-2-3-10/h1,4-5,7-8,10,12,15H,2-3,6,17H2/t12-,15?/m0/s1. The summed E-state index contributed by atoms with van der Waals surface area (Å²) >= 11 is 3.49. The van der Waals surface area contributed by atoms with Crippen LogP contribution in [0.25, 0.3) is 0 Å². The van der Waals surface area contributed by atoms with Crippen molar-refractivity contribution in [3.63, 3.8) is 0 Å². The van der Waals surface area contributed by atoms with Gasteiger partial charge in [-0.3, -0.25) is 0 Å². The fourth-order valence-corrected chi connectivity index (χ4v) is 3.26. The molecule has 4 nitrogen and oxygen atoms in total. The van der Waals surface area contributed by atoms with Gasteiger partial charge in [-0.15, -0.1) is 0 Å². The molecule has 1 unspecified atom stereocenters. The number of halogens is 1. The molecule has 20 heavy (non-hydrogen) atoms. The summed E-state index contributed by atoms with van der Waals surface area (Å²) in [7, 11) is 0. The lowest BCUT2D eigenvalue weighted by Gasteiger charge is -2.31. The van der Waals surface area contributed by atoms with E-state index in [1.807, 2.05) is 24.7 Å². The Labute approximate surface area is 126 Å². The first-order chi connectivity index (χ1) is 9.72. The van der Waals surface area contributed by atoms with Gasteiger partial charge in [-0.25, -0.2) is 4.98 Å². The van der Waals surface area contributed by atoms with E-state index in [1.54, 1.807) is 0 Å². The number of fused-ring (bicyclic) bond motifs is 1. The number of ether oxygens (including phenoxy) is 1. The molecule has 1 aromatic carbocycles. The number of imidazole rings is 1. The van der Waals surface area contributed by atoms with Crippen LogP contribution in [0.5, 0.6) is 5.75 Å². The minimum Gasteiger partial charge on any atom is -0.484 e. The number of aromatic nitrogens is 2. The molecule has 2 aromatic rings. The normalized spacial score (nSPS) is 25.1. The lowest BCUT2D eigenvalue weighted by atomic mass is 9.96. The Morgan fingerprint density at radius 2 is 2.20 bits per heavy atom. The molecule has 4 rings (SSSR count). The zero-order valence-electron chi connectivity index (χ0n) is 11.0. The number of rotatable bonds is 2.